The number of rotatable bonds is 2. The summed E-state index contributed by atoms with van der Waals surface area (Å²) in [4.78, 5) is 18.3. The van der Waals surface area contributed by atoms with Gasteiger partial charge in [0, 0.05) is 6.92 Å². The molecule has 4 aliphatic heterocycles. The number of carbonyl (C=O) groups is 1. The molecule has 0 radical (unpaired) electrons. The zero-order valence-electron chi connectivity index (χ0n) is 9.15. The lowest BCUT2D eigenvalue weighted by Crippen LogP contribution is -2.80. The van der Waals surface area contributed by atoms with E-state index < -0.39 is 0 Å². The van der Waals surface area contributed by atoms with Gasteiger partial charge in [-0.1, -0.05) is 0 Å². The highest BCUT2D eigenvalue weighted by Gasteiger charge is 2.48. The topological polar surface area (TPSA) is 38.8 Å². The molecular weight excluding hydrogens is 194 g/mol. The van der Waals surface area contributed by atoms with Gasteiger partial charge in [0.2, 0.25) is 5.91 Å². The maximum absolute atomic E-state index is 11.0. The molecule has 15 heavy (non-hydrogen) atoms. The summed E-state index contributed by atoms with van der Waals surface area (Å²) < 4.78 is 0.972. The molecule has 4 saturated heterocycles. The second kappa shape index (κ2) is 3.15. The Bertz CT molecular complexity index is 257. The van der Waals surface area contributed by atoms with Gasteiger partial charge in [-0.05, 0) is 0 Å². The second-order valence-corrected chi connectivity index (χ2v) is 5.09. The molecule has 1 amide bonds. The van der Waals surface area contributed by atoms with Crippen LogP contribution < -0.4 is 5.32 Å². The Labute approximate surface area is 89.6 Å². The Morgan fingerprint density at radius 1 is 1.13 bits per heavy atom. The first-order valence-corrected chi connectivity index (χ1v) is 5.42. The molecule has 0 aromatic rings. The third-order valence-corrected chi connectivity index (χ3v) is 3.36. The molecule has 4 fully saturated rings. The highest BCUT2D eigenvalue weighted by molar-refractivity contribution is 5.72. The monoisotopic (exact) mass is 212 g/mol. The number of hydrogen-bond donors (Lipinski definition) is 1. The summed E-state index contributed by atoms with van der Waals surface area (Å²) in [6.07, 6.45) is 0. The molecule has 4 aliphatic rings. The minimum atomic E-state index is 0.0730. The number of nitrogens with zero attached hydrogens (tertiary/aromatic N) is 4. The standard InChI is InChI=1S/C9H17N5O/c1-9(15)10-2-14-6-11-3-12(7-14)5-13(4-11)8-14/h2-8H2,1H3/p+1. The van der Waals surface area contributed by atoms with E-state index in [4.69, 9.17) is 0 Å². The highest BCUT2D eigenvalue weighted by atomic mass is 16.1. The van der Waals surface area contributed by atoms with E-state index in [-0.39, 0.29) is 5.91 Å². The van der Waals surface area contributed by atoms with Gasteiger partial charge in [0.1, 0.15) is 20.0 Å². The minimum Gasteiger partial charge on any atom is -0.309 e. The van der Waals surface area contributed by atoms with Crippen molar-refractivity contribution in [3.05, 3.63) is 0 Å². The maximum Gasteiger partial charge on any atom is 0.221 e. The van der Waals surface area contributed by atoms with Crippen molar-refractivity contribution in [3.63, 3.8) is 0 Å². The first kappa shape index (κ1) is 9.53. The van der Waals surface area contributed by atoms with Crippen LogP contribution in [0.4, 0.5) is 0 Å². The van der Waals surface area contributed by atoms with Gasteiger partial charge in [0.15, 0.2) is 6.67 Å². The first-order chi connectivity index (χ1) is 7.15. The summed E-state index contributed by atoms with van der Waals surface area (Å²) in [7, 11) is 0. The van der Waals surface area contributed by atoms with E-state index in [1.807, 2.05) is 0 Å². The molecular formula is C9H18N5O+. The van der Waals surface area contributed by atoms with Crippen molar-refractivity contribution in [2.24, 2.45) is 0 Å². The lowest BCUT2D eigenvalue weighted by atomic mass is 10.3. The van der Waals surface area contributed by atoms with Crippen LogP contribution in [-0.4, -0.2) is 71.8 Å². The molecule has 0 spiro atoms. The fourth-order valence-electron chi connectivity index (χ4n) is 3.09. The summed E-state index contributed by atoms with van der Waals surface area (Å²) in [5.41, 5.74) is 0. The van der Waals surface area contributed by atoms with Crippen molar-refractivity contribution in [2.45, 2.75) is 6.92 Å². The lowest BCUT2D eigenvalue weighted by Gasteiger charge is -2.60. The number of carbonyl (C=O) groups excluding carboxylic acids is 1. The van der Waals surface area contributed by atoms with Gasteiger partial charge in [0.05, 0.1) is 20.0 Å². The van der Waals surface area contributed by atoms with Crippen molar-refractivity contribution < 1.29 is 9.28 Å². The Hall–Kier alpha value is -0.690. The maximum atomic E-state index is 11.0. The minimum absolute atomic E-state index is 0.0730. The zero-order valence-corrected chi connectivity index (χ0v) is 9.15. The van der Waals surface area contributed by atoms with Crippen molar-refractivity contribution >= 4 is 5.91 Å². The second-order valence-electron chi connectivity index (χ2n) is 5.09. The van der Waals surface area contributed by atoms with E-state index in [2.05, 4.69) is 20.0 Å². The molecule has 6 nitrogen and oxygen atoms in total. The highest BCUT2D eigenvalue weighted by Crippen LogP contribution is 2.27. The Morgan fingerprint density at radius 2 is 1.60 bits per heavy atom. The molecule has 0 unspecified atom stereocenters. The predicted molar refractivity (Wildman–Crippen MR) is 53.7 cm³/mol. The van der Waals surface area contributed by atoms with Crippen LogP contribution in [0.25, 0.3) is 0 Å². The van der Waals surface area contributed by atoms with Gasteiger partial charge in [0.25, 0.3) is 0 Å². The van der Waals surface area contributed by atoms with E-state index in [1.165, 1.54) is 0 Å². The van der Waals surface area contributed by atoms with Crippen molar-refractivity contribution in [1.29, 1.82) is 0 Å². The van der Waals surface area contributed by atoms with Crippen molar-refractivity contribution in [2.75, 3.05) is 46.7 Å². The lowest BCUT2D eigenvalue weighted by molar-refractivity contribution is -0.981. The van der Waals surface area contributed by atoms with Crippen LogP contribution in [0.5, 0.6) is 0 Å². The van der Waals surface area contributed by atoms with Gasteiger partial charge in [-0.25, -0.2) is 14.7 Å². The van der Waals surface area contributed by atoms with E-state index in [0.717, 1.165) is 51.2 Å². The van der Waals surface area contributed by atoms with Crippen LogP contribution in [0.15, 0.2) is 0 Å². The van der Waals surface area contributed by atoms with Crippen LogP contribution in [0.1, 0.15) is 6.92 Å². The summed E-state index contributed by atoms with van der Waals surface area (Å²) in [6.45, 7) is 8.86. The number of hydrogen-bond acceptors (Lipinski definition) is 4. The SMILES string of the molecule is CC(=O)NC[N+]12CN3CN(CN(C3)C1)C2. The van der Waals surface area contributed by atoms with Gasteiger partial charge in [-0.2, -0.15) is 0 Å². The van der Waals surface area contributed by atoms with E-state index in [0.29, 0.717) is 0 Å². The molecule has 4 rings (SSSR count). The molecule has 0 saturated carbocycles. The molecule has 0 aromatic heterocycles. The van der Waals surface area contributed by atoms with Crippen molar-refractivity contribution in [3.8, 4) is 0 Å². The Morgan fingerprint density at radius 3 is 2.00 bits per heavy atom. The van der Waals surface area contributed by atoms with E-state index in [9.17, 15) is 4.79 Å². The number of amides is 1. The first-order valence-electron chi connectivity index (χ1n) is 5.42. The van der Waals surface area contributed by atoms with Gasteiger partial charge < -0.3 is 5.32 Å². The molecule has 6 heteroatoms. The van der Waals surface area contributed by atoms with Crippen LogP contribution >= 0.6 is 0 Å². The van der Waals surface area contributed by atoms with Gasteiger partial charge in [-0.15, -0.1) is 0 Å². The normalized spacial score (nSPS) is 46.9. The molecule has 0 atom stereocenters. The number of quaternary nitrogens is 1. The van der Waals surface area contributed by atoms with E-state index >= 15 is 0 Å². The third-order valence-electron chi connectivity index (χ3n) is 3.36. The summed E-state index contributed by atoms with van der Waals surface area (Å²) >= 11 is 0. The fraction of sp³-hybridized carbons (Fsp3) is 0.889. The molecule has 4 heterocycles. The van der Waals surface area contributed by atoms with Crippen LogP contribution in [0, 0.1) is 0 Å². The fourth-order valence-corrected chi connectivity index (χ4v) is 3.09. The zero-order chi connectivity index (χ0) is 10.5. The Balaban J connectivity index is 1.72. The van der Waals surface area contributed by atoms with Gasteiger partial charge in [-0.3, -0.25) is 9.28 Å². The van der Waals surface area contributed by atoms with Crippen molar-refractivity contribution in [1.82, 2.24) is 20.0 Å². The van der Waals surface area contributed by atoms with Gasteiger partial charge >= 0.3 is 0 Å². The third kappa shape index (κ3) is 1.63. The summed E-state index contributed by atoms with van der Waals surface area (Å²) in [6, 6.07) is 0. The van der Waals surface area contributed by atoms with Crippen LogP contribution in [-0.2, 0) is 4.79 Å². The average molecular weight is 212 g/mol. The number of nitrogens with one attached hydrogen (secondary N) is 1. The van der Waals surface area contributed by atoms with E-state index in [1.54, 1.807) is 6.92 Å². The summed E-state index contributed by atoms with van der Waals surface area (Å²) in [5, 5.41) is 2.96. The molecule has 0 aromatic carbocycles. The predicted octanol–water partition coefficient (Wildman–Crippen LogP) is -1.41. The molecule has 1 N–H and O–H groups in total. The molecule has 84 valence electrons. The summed E-state index contributed by atoms with van der Waals surface area (Å²) in [5.74, 6) is 0.0730. The Kier molecular flexibility index (Phi) is 2.00. The smallest absolute Gasteiger partial charge is 0.221 e. The average Bonchev–Trinajstić information content (AvgIpc) is 2.12. The molecule has 0 aliphatic carbocycles. The van der Waals surface area contributed by atoms with Crippen LogP contribution in [0.3, 0.4) is 0 Å². The quantitative estimate of drug-likeness (QED) is 0.571. The molecule has 4 bridgehead atoms. The largest absolute Gasteiger partial charge is 0.309 e. The van der Waals surface area contributed by atoms with Crippen LogP contribution in [0.2, 0.25) is 0 Å².